The largest absolute Gasteiger partial charge is 0.509 e. The van der Waals surface area contributed by atoms with Crippen LogP contribution >= 0.6 is 15.9 Å². The van der Waals surface area contributed by atoms with Crippen molar-refractivity contribution < 1.29 is 28.7 Å². The van der Waals surface area contributed by atoms with Crippen molar-refractivity contribution in [2.24, 2.45) is 0 Å². The van der Waals surface area contributed by atoms with E-state index in [0.29, 0.717) is 43.7 Å². The average molecular weight is 459 g/mol. The van der Waals surface area contributed by atoms with Crippen LogP contribution in [-0.4, -0.2) is 67.2 Å². The smallest absolute Gasteiger partial charge is 0.282 e. The predicted molar refractivity (Wildman–Crippen MR) is 104 cm³/mol. The minimum atomic E-state index is -0.984. The number of aliphatic hydroxyl groups excluding tert-OH is 1. The summed E-state index contributed by atoms with van der Waals surface area (Å²) in [6, 6.07) is 2.85. The summed E-state index contributed by atoms with van der Waals surface area (Å²) in [5, 5.41) is 14.2. The Kier molecular flexibility index (Phi) is 6.41. The average Bonchev–Trinajstić information content (AvgIpc) is 2.87. The van der Waals surface area contributed by atoms with Crippen LogP contribution in [0.25, 0.3) is 5.57 Å². The topological polar surface area (TPSA) is 71.5 Å². The Hall–Kier alpha value is -1.52. The number of hydrogen-bond donors (Lipinski definition) is 1. The van der Waals surface area contributed by atoms with Gasteiger partial charge in [-0.05, 0) is 59.0 Å². The van der Waals surface area contributed by atoms with Crippen LogP contribution in [0.4, 0.5) is 4.39 Å². The first-order valence-corrected chi connectivity index (χ1v) is 9.80. The molecule has 7 nitrogen and oxygen atoms in total. The van der Waals surface area contributed by atoms with Gasteiger partial charge in [-0.15, -0.1) is 0 Å². The third kappa shape index (κ3) is 3.57. The highest BCUT2D eigenvalue weighted by molar-refractivity contribution is 9.10. The van der Waals surface area contributed by atoms with E-state index in [1.54, 1.807) is 26.2 Å². The fourth-order valence-corrected chi connectivity index (χ4v) is 4.10. The highest BCUT2D eigenvalue weighted by Gasteiger charge is 2.55. The number of benzene rings is 1. The van der Waals surface area contributed by atoms with Gasteiger partial charge in [0, 0.05) is 20.2 Å². The van der Waals surface area contributed by atoms with Crippen molar-refractivity contribution in [3.05, 3.63) is 39.3 Å². The molecule has 9 heteroatoms. The van der Waals surface area contributed by atoms with Crippen LogP contribution in [-0.2, 0) is 19.2 Å². The number of hydroxylamine groups is 4. The predicted octanol–water partition coefficient (Wildman–Crippen LogP) is 2.98. The molecular weight excluding hydrogens is 435 g/mol. The first kappa shape index (κ1) is 21.2. The Morgan fingerprint density at radius 3 is 2.54 bits per heavy atom. The minimum Gasteiger partial charge on any atom is -0.509 e. The zero-order chi connectivity index (χ0) is 20.5. The maximum atomic E-state index is 13.9. The molecule has 28 heavy (non-hydrogen) atoms. The monoisotopic (exact) mass is 458 g/mol. The van der Waals surface area contributed by atoms with Gasteiger partial charge in [-0.1, -0.05) is 0 Å². The molecule has 1 amide bonds. The van der Waals surface area contributed by atoms with Crippen LogP contribution in [0.1, 0.15) is 24.0 Å². The molecule has 1 fully saturated rings. The van der Waals surface area contributed by atoms with Crippen LogP contribution in [0.15, 0.2) is 22.4 Å². The molecule has 0 radical (unpaired) electrons. The second-order valence-electron chi connectivity index (χ2n) is 6.87. The molecule has 0 unspecified atom stereocenters. The van der Waals surface area contributed by atoms with Crippen molar-refractivity contribution in [3.63, 3.8) is 0 Å². The second kappa shape index (κ2) is 8.46. The molecular formula is C19H24BrFN2O5. The first-order chi connectivity index (χ1) is 13.4. The molecule has 2 heterocycles. The SMILES string of the molecule is COCCON1C(=O)C(c2cc(Br)c(F)cc2C)=C(O)C12CCN(OC)CC2. The standard InChI is InChI=1S/C19H24BrFN2O5/c1-12-10-15(21)14(20)11-13(12)16-17(24)19(4-6-22(27-3)7-5-19)23(18(16)25)28-9-8-26-2/h10-11,24H,4-9H2,1-3H3. The molecule has 154 valence electrons. The summed E-state index contributed by atoms with van der Waals surface area (Å²) in [6.07, 6.45) is 0.882. The van der Waals surface area contributed by atoms with Gasteiger partial charge in [-0.3, -0.25) is 9.63 Å². The molecule has 2 aliphatic rings. The number of ether oxygens (including phenoxy) is 1. The van der Waals surface area contributed by atoms with Crippen LogP contribution in [0, 0.1) is 12.7 Å². The fourth-order valence-electron chi connectivity index (χ4n) is 3.76. The number of halogens is 2. The van der Waals surface area contributed by atoms with Gasteiger partial charge in [-0.25, -0.2) is 9.45 Å². The lowest BCUT2D eigenvalue weighted by Gasteiger charge is -2.42. The third-order valence-corrected chi connectivity index (χ3v) is 5.92. The van der Waals surface area contributed by atoms with Crippen molar-refractivity contribution in [2.75, 3.05) is 40.5 Å². The Bertz CT molecular complexity index is 793. The van der Waals surface area contributed by atoms with Crippen LogP contribution in [0.2, 0.25) is 0 Å². The molecule has 2 aliphatic heterocycles. The molecule has 0 bridgehead atoms. The van der Waals surface area contributed by atoms with Crippen molar-refractivity contribution in [1.82, 2.24) is 10.1 Å². The summed E-state index contributed by atoms with van der Waals surface area (Å²) < 4.78 is 19.1. The van der Waals surface area contributed by atoms with Gasteiger partial charge in [0.25, 0.3) is 5.91 Å². The summed E-state index contributed by atoms with van der Waals surface area (Å²) in [4.78, 5) is 24.3. The van der Waals surface area contributed by atoms with Gasteiger partial charge in [0.2, 0.25) is 0 Å². The first-order valence-electron chi connectivity index (χ1n) is 9.01. The lowest BCUT2D eigenvalue weighted by atomic mass is 9.85. The van der Waals surface area contributed by atoms with Gasteiger partial charge in [0.15, 0.2) is 0 Å². The highest BCUT2D eigenvalue weighted by atomic mass is 79.9. The van der Waals surface area contributed by atoms with Gasteiger partial charge >= 0.3 is 0 Å². The number of amides is 1. The molecule has 0 aromatic heterocycles. The number of carbonyl (C=O) groups excluding carboxylic acids is 1. The van der Waals surface area contributed by atoms with E-state index < -0.39 is 17.3 Å². The quantitative estimate of drug-likeness (QED) is 0.660. The maximum Gasteiger partial charge on any atom is 0.282 e. The number of aliphatic hydroxyl groups is 1. The zero-order valence-corrected chi connectivity index (χ0v) is 17.7. The van der Waals surface area contributed by atoms with Gasteiger partial charge in [0.05, 0.1) is 30.4 Å². The Labute approximate surface area is 171 Å². The number of carbonyl (C=O) groups is 1. The summed E-state index contributed by atoms with van der Waals surface area (Å²) in [6.45, 7) is 3.23. The van der Waals surface area contributed by atoms with Crippen LogP contribution < -0.4 is 0 Å². The van der Waals surface area contributed by atoms with E-state index in [2.05, 4.69) is 15.9 Å². The molecule has 1 spiro atoms. The van der Waals surface area contributed by atoms with E-state index in [1.165, 1.54) is 17.2 Å². The number of methoxy groups -OCH3 is 1. The van der Waals surface area contributed by atoms with Crippen molar-refractivity contribution in [2.45, 2.75) is 25.3 Å². The zero-order valence-electron chi connectivity index (χ0n) is 16.1. The lowest BCUT2D eigenvalue weighted by Crippen LogP contribution is -2.55. The van der Waals surface area contributed by atoms with E-state index >= 15 is 0 Å². The molecule has 1 aromatic rings. The van der Waals surface area contributed by atoms with Crippen LogP contribution in [0.5, 0.6) is 0 Å². The second-order valence-corrected chi connectivity index (χ2v) is 7.73. The molecule has 0 saturated carbocycles. The lowest BCUT2D eigenvalue weighted by molar-refractivity contribution is -0.235. The van der Waals surface area contributed by atoms with Gasteiger partial charge < -0.3 is 14.7 Å². The number of nitrogens with zero attached hydrogens (tertiary/aromatic N) is 2. The maximum absolute atomic E-state index is 13.9. The summed E-state index contributed by atoms with van der Waals surface area (Å²) in [7, 11) is 3.13. The van der Waals surface area contributed by atoms with E-state index in [0.717, 1.165) is 0 Å². The summed E-state index contributed by atoms with van der Waals surface area (Å²) in [5.74, 6) is -0.920. The molecule has 3 rings (SSSR count). The van der Waals surface area contributed by atoms with Gasteiger partial charge in [0.1, 0.15) is 17.1 Å². The molecule has 0 atom stereocenters. The summed E-state index contributed by atoms with van der Waals surface area (Å²) in [5.41, 5.74) is 0.185. The van der Waals surface area contributed by atoms with Crippen molar-refractivity contribution in [3.8, 4) is 0 Å². The van der Waals surface area contributed by atoms with Crippen LogP contribution in [0.3, 0.4) is 0 Å². The van der Waals surface area contributed by atoms with E-state index in [9.17, 15) is 14.3 Å². The number of rotatable bonds is 6. The highest BCUT2D eigenvalue weighted by Crippen LogP contribution is 2.46. The Morgan fingerprint density at radius 2 is 1.93 bits per heavy atom. The Balaban J connectivity index is 2.04. The van der Waals surface area contributed by atoms with Crippen molar-refractivity contribution in [1.29, 1.82) is 0 Å². The number of piperidine rings is 1. The minimum absolute atomic E-state index is 0.0488. The van der Waals surface area contributed by atoms with Gasteiger partial charge in [-0.2, -0.15) is 5.06 Å². The normalized spacial score (nSPS) is 19.9. The molecule has 1 saturated heterocycles. The molecule has 1 N–H and O–H groups in total. The summed E-state index contributed by atoms with van der Waals surface area (Å²) >= 11 is 3.16. The van der Waals surface area contributed by atoms with Crippen molar-refractivity contribution >= 4 is 27.4 Å². The van der Waals surface area contributed by atoms with E-state index in [-0.39, 0.29) is 22.4 Å². The van der Waals surface area contributed by atoms with E-state index in [4.69, 9.17) is 14.4 Å². The number of aryl methyl sites for hydroxylation is 1. The third-order valence-electron chi connectivity index (χ3n) is 5.32. The van der Waals surface area contributed by atoms with E-state index in [1.807, 2.05) is 0 Å². The molecule has 0 aliphatic carbocycles. The fraction of sp³-hybridized carbons (Fsp3) is 0.526. The molecule has 1 aromatic carbocycles. The Morgan fingerprint density at radius 1 is 1.25 bits per heavy atom. The number of hydrogen-bond acceptors (Lipinski definition) is 6.